The Bertz CT molecular complexity index is 440. The minimum absolute atomic E-state index is 0.204. The summed E-state index contributed by atoms with van der Waals surface area (Å²) >= 11 is 1.92. The first-order valence-electron chi connectivity index (χ1n) is 6.47. The summed E-state index contributed by atoms with van der Waals surface area (Å²) in [7, 11) is 0. The van der Waals surface area contributed by atoms with Crippen molar-refractivity contribution < 1.29 is 9.90 Å². The largest absolute Gasteiger partial charge is 0.481 e. The van der Waals surface area contributed by atoms with Crippen molar-refractivity contribution in [2.75, 3.05) is 0 Å². The van der Waals surface area contributed by atoms with E-state index in [1.807, 2.05) is 11.8 Å². The molecular formula is C15H20O2S. The Hall–Kier alpha value is -0.960. The van der Waals surface area contributed by atoms with E-state index in [9.17, 15) is 4.79 Å². The molecule has 1 heterocycles. The quantitative estimate of drug-likeness (QED) is 0.890. The number of thioether (sulfide) groups is 1. The zero-order valence-electron chi connectivity index (χ0n) is 11.0. The Kier molecular flexibility index (Phi) is 4.00. The van der Waals surface area contributed by atoms with Crippen LogP contribution in [0.1, 0.15) is 45.1 Å². The third-order valence-corrected chi connectivity index (χ3v) is 4.91. The van der Waals surface area contributed by atoms with Gasteiger partial charge in [-0.15, -0.1) is 11.8 Å². The molecule has 1 unspecified atom stereocenters. The fourth-order valence-corrected chi connectivity index (χ4v) is 4.44. The molecule has 3 heteroatoms. The maximum Gasteiger partial charge on any atom is 0.303 e. The van der Waals surface area contributed by atoms with Gasteiger partial charge in [-0.05, 0) is 36.3 Å². The number of hydrogen-bond donors (Lipinski definition) is 1. The van der Waals surface area contributed by atoms with Crippen molar-refractivity contribution >= 4 is 17.7 Å². The molecule has 0 spiro atoms. The zero-order valence-corrected chi connectivity index (χ0v) is 11.8. The van der Waals surface area contributed by atoms with Crippen LogP contribution in [0.15, 0.2) is 29.2 Å². The van der Waals surface area contributed by atoms with Crippen molar-refractivity contribution in [1.29, 1.82) is 0 Å². The summed E-state index contributed by atoms with van der Waals surface area (Å²) in [6, 6.07) is 8.59. The summed E-state index contributed by atoms with van der Waals surface area (Å²) in [6.07, 6.45) is 3.20. The Morgan fingerprint density at radius 2 is 2.17 bits per heavy atom. The fraction of sp³-hybridized carbons (Fsp3) is 0.533. The lowest BCUT2D eigenvalue weighted by Crippen LogP contribution is -2.28. The van der Waals surface area contributed by atoms with Crippen molar-refractivity contribution in [3.63, 3.8) is 0 Å². The minimum atomic E-state index is -0.685. The number of benzene rings is 1. The van der Waals surface area contributed by atoms with Gasteiger partial charge in [0.1, 0.15) is 0 Å². The van der Waals surface area contributed by atoms with Crippen molar-refractivity contribution in [1.82, 2.24) is 0 Å². The Balaban J connectivity index is 2.05. The molecule has 1 N–H and O–H groups in total. The number of carbonyl (C=O) groups is 1. The SMILES string of the molecule is CC1(C)CC(CCCC(=O)O)Sc2ccccc21. The van der Waals surface area contributed by atoms with Crippen LogP contribution in [0.5, 0.6) is 0 Å². The molecule has 0 bridgehead atoms. The zero-order chi connectivity index (χ0) is 13.2. The van der Waals surface area contributed by atoms with Gasteiger partial charge >= 0.3 is 5.97 Å². The van der Waals surface area contributed by atoms with Crippen LogP contribution >= 0.6 is 11.8 Å². The predicted molar refractivity (Wildman–Crippen MR) is 75.2 cm³/mol. The molecule has 1 aromatic carbocycles. The lowest BCUT2D eigenvalue weighted by molar-refractivity contribution is -0.137. The number of carboxylic acids is 1. The smallest absolute Gasteiger partial charge is 0.303 e. The normalized spacial score (nSPS) is 21.3. The predicted octanol–water partition coefficient (Wildman–Crippen LogP) is 4.08. The van der Waals surface area contributed by atoms with E-state index in [2.05, 4.69) is 38.1 Å². The molecule has 1 aliphatic rings. The molecule has 0 aromatic heterocycles. The van der Waals surface area contributed by atoms with Crippen LogP contribution < -0.4 is 0 Å². The van der Waals surface area contributed by atoms with Crippen molar-refractivity contribution in [3.05, 3.63) is 29.8 Å². The summed E-state index contributed by atoms with van der Waals surface area (Å²) in [4.78, 5) is 11.9. The molecule has 0 radical (unpaired) electrons. The minimum Gasteiger partial charge on any atom is -0.481 e. The highest BCUT2D eigenvalue weighted by Gasteiger charge is 2.32. The molecule has 0 saturated heterocycles. The van der Waals surface area contributed by atoms with Crippen LogP contribution in [0.4, 0.5) is 0 Å². The van der Waals surface area contributed by atoms with E-state index in [0.717, 1.165) is 19.3 Å². The van der Waals surface area contributed by atoms with Gasteiger partial charge in [0.15, 0.2) is 0 Å². The Labute approximate surface area is 113 Å². The topological polar surface area (TPSA) is 37.3 Å². The first-order valence-corrected chi connectivity index (χ1v) is 7.35. The molecule has 2 nitrogen and oxygen atoms in total. The van der Waals surface area contributed by atoms with Gasteiger partial charge in [0.05, 0.1) is 0 Å². The first-order chi connectivity index (χ1) is 8.49. The molecule has 0 amide bonds. The molecule has 1 aromatic rings. The number of hydrogen-bond acceptors (Lipinski definition) is 2. The number of aliphatic carboxylic acids is 1. The van der Waals surface area contributed by atoms with E-state index in [0.29, 0.717) is 11.7 Å². The Morgan fingerprint density at radius 3 is 2.89 bits per heavy atom. The van der Waals surface area contributed by atoms with Gasteiger partial charge in [0.25, 0.3) is 0 Å². The summed E-state index contributed by atoms with van der Waals surface area (Å²) < 4.78 is 0. The van der Waals surface area contributed by atoms with Gasteiger partial charge in [0.2, 0.25) is 0 Å². The van der Waals surface area contributed by atoms with E-state index in [1.165, 1.54) is 10.5 Å². The van der Waals surface area contributed by atoms with E-state index >= 15 is 0 Å². The van der Waals surface area contributed by atoms with Crippen LogP contribution in [0.2, 0.25) is 0 Å². The molecule has 18 heavy (non-hydrogen) atoms. The van der Waals surface area contributed by atoms with Crippen LogP contribution in [-0.4, -0.2) is 16.3 Å². The summed E-state index contributed by atoms with van der Waals surface area (Å²) in [5.74, 6) is -0.685. The third-order valence-electron chi connectivity index (χ3n) is 3.56. The molecule has 2 rings (SSSR count). The third kappa shape index (κ3) is 3.08. The second kappa shape index (κ2) is 5.35. The van der Waals surface area contributed by atoms with Gasteiger partial charge in [-0.25, -0.2) is 0 Å². The highest BCUT2D eigenvalue weighted by atomic mass is 32.2. The highest BCUT2D eigenvalue weighted by Crippen LogP contribution is 2.46. The summed E-state index contributed by atoms with van der Waals surface area (Å²) in [5.41, 5.74) is 1.64. The Morgan fingerprint density at radius 1 is 1.44 bits per heavy atom. The maximum absolute atomic E-state index is 10.6. The maximum atomic E-state index is 10.6. The lowest BCUT2D eigenvalue weighted by atomic mass is 9.79. The van der Waals surface area contributed by atoms with Gasteiger partial charge in [-0.2, -0.15) is 0 Å². The number of carboxylic acid groups (broad SMARTS) is 1. The van der Waals surface area contributed by atoms with Crippen LogP contribution in [0.25, 0.3) is 0 Å². The molecule has 0 aliphatic carbocycles. The molecule has 1 atom stereocenters. The van der Waals surface area contributed by atoms with Crippen LogP contribution in [-0.2, 0) is 10.2 Å². The van der Waals surface area contributed by atoms with Crippen molar-refractivity contribution in [3.8, 4) is 0 Å². The molecular weight excluding hydrogens is 244 g/mol. The van der Waals surface area contributed by atoms with Crippen molar-refractivity contribution in [2.45, 2.75) is 55.1 Å². The second-order valence-corrected chi connectivity index (χ2v) is 6.95. The van der Waals surface area contributed by atoms with E-state index in [1.54, 1.807) is 0 Å². The van der Waals surface area contributed by atoms with Crippen molar-refractivity contribution in [2.24, 2.45) is 0 Å². The summed E-state index contributed by atoms with van der Waals surface area (Å²) in [5, 5.41) is 9.25. The van der Waals surface area contributed by atoms with Crippen LogP contribution in [0, 0.1) is 0 Å². The first kappa shape index (κ1) is 13.5. The molecule has 98 valence electrons. The number of fused-ring (bicyclic) bond motifs is 1. The fourth-order valence-electron chi connectivity index (χ4n) is 2.67. The van der Waals surface area contributed by atoms with E-state index in [-0.39, 0.29) is 5.41 Å². The van der Waals surface area contributed by atoms with Gasteiger partial charge in [-0.3, -0.25) is 4.79 Å². The van der Waals surface area contributed by atoms with E-state index in [4.69, 9.17) is 5.11 Å². The van der Waals surface area contributed by atoms with E-state index < -0.39 is 5.97 Å². The van der Waals surface area contributed by atoms with Gasteiger partial charge in [-0.1, -0.05) is 32.0 Å². The standard InChI is InChI=1S/C15H20O2S/c1-15(2)10-11(6-5-9-14(16)17)18-13-8-4-3-7-12(13)15/h3-4,7-8,11H,5-6,9-10H2,1-2H3,(H,16,17). The monoisotopic (exact) mass is 264 g/mol. The van der Waals surface area contributed by atoms with Crippen LogP contribution in [0.3, 0.4) is 0 Å². The average molecular weight is 264 g/mol. The molecule has 0 fully saturated rings. The van der Waals surface area contributed by atoms with Gasteiger partial charge in [0, 0.05) is 16.6 Å². The lowest BCUT2D eigenvalue weighted by Gasteiger charge is -2.37. The second-order valence-electron chi connectivity index (χ2n) is 5.61. The number of rotatable bonds is 4. The molecule has 0 saturated carbocycles. The summed E-state index contributed by atoms with van der Waals surface area (Å²) in [6.45, 7) is 4.57. The van der Waals surface area contributed by atoms with Gasteiger partial charge < -0.3 is 5.11 Å². The highest BCUT2D eigenvalue weighted by molar-refractivity contribution is 8.00. The average Bonchev–Trinajstić information content (AvgIpc) is 2.27. The molecule has 1 aliphatic heterocycles.